The number of unbranched alkanes of at least 4 members (excludes halogenated alkanes) is 38. The number of nitrogens with zero attached hydrogens (tertiary/aromatic N) is 1. The molecular formula is C78H140NO8P. The van der Waals surface area contributed by atoms with E-state index < -0.39 is 26.5 Å². The first-order chi connectivity index (χ1) is 43.0. The maximum absolute atomic E-state index is 12.9. The van der Waals surface area contributed by atoms with E-state index in [1.54, 1.807) is 0 Å². The van der Waals surface area contributed by atoms with Gasteiger partial charge in [-0.05, 0) is 96.3 Å². The molecule has 0 bridgehead atoms. The third kappa shape index (κ3) is 72.0. The lowest BCUT2D eigenvalue weighted by Crippen LogP contribution is -2.37. The van der Waals surface area contributed by atoms with E-state index in [9.17, 15) is 19.0 Å². The van der Waals surface area contributed by atoms with Gasteiger partial charge in [0.2, 0.25) is 0 Å². The van der Waals surface area contributed by atoms with Gasteiger partial charge in [0.15, 0.2) is 6.10 Å². The van der Waals surface area contributed by atoms with Crippen LogP contribution in [0, 0.1) is 0 Å². The Balaban J connectivity index is 4.01. The lowest BCUT2D eigenvalue weighted by Gasteiger charge is -2.28. The lowest BCUT2D eigenvalue weighted by atomic mass is 10.0. The van der Waals surface area contributed by atoms with E-state index >= 15 is 0 Å². The van der Waals surface area contributed by atoms with Crippen molar-refractivity contribution >= 4 is 19.8 Å². The third-order valence-corrected chi connectivity index (χ3v) is 17.1. The molecule has 0 aromatic heterocycles. The molecule has 2 atom stereocenters. The number of hydrogen-bond acceptors (Lipinski definition) is 8. The number of carbonyl (C=O) groups is 2. The maximum atomic E-state index is 12.9. The molecular weight excluding hydrogens is 1110 g/mol. The van der Waals surface area contributed by atoms with Gasteiger partial charge >= 0.3 is 11.9 Å². The predicted octanol–water partition coefficient (Wildman–Crippen LogP) is 23.6. The first-order valence-electron chi connectivity index (χ1n) is 36.9. The second-order valence-electron chi connectivity index (χ2n) is 25.9. The van der Waals surface area contributed by atoms with Crippen molar-refractivity contribution in [1.82, 2.24) is 0 Å². The largest absolute Gasteiger partial charge is 0.756 e. The predicted molar refractivity (Wildman–Crippen MR) is 379 cm³/mol. The highest BCUT2D eigenvalue weighted by molar-refractivity contribution is 7.45. The fourth-order valence-electron chi connectivity index (χ4n) is 10.5. The Hall–Kier alpha value is -3.07. The fourth-order valence-corrected chi connectivity index (χ4v) is 11.2. The van der Waals surface area contributed by atoms with Gasteiger partial charge in [-0.3, -0.25) is 14.2 Å². The van der Waals surface area contributed by atoms with Crippen LogP contribution < -0.4 is 4.89 Å². The summed E-state index contributed by atoms with van der Waals surface area (Å²) >= 11 is 0. The number of phosphoric ester groups is 1. The van der Waals surface area contributed by atoms with Gasteiger partial charge in [-0.1, -0.05) is 323 Å². The lowest BCUT2D eigenvalue weighted by molar-refractivity contribution is -0.870. The number of carbonyl (C=O) groups excluding carboxylic acids is 2. The van der Waals surface area contributed by atoms with Gasteiger partial charge in [-0.15, -0.1) is 0 Å². The Bertz CT molecular complexity index is 1810. The first-order valence-corrected chi connectivity index (χ1v) is 38.4. The molecule has 0 aromatic rings. The number of allylic oxidation sites excluding steroid dienone is 16. The maximum Gasteiger partial charge on any atom is 0.306 e. The molecule has 0 radical (unpaired) electrons. The molecule has 0 saturated heterocycles. The molecule has 0 aromatic carbocycles. The monoisotopic (exact) mass is 1250 g/mol. The standard InChI is InChI=1S/C78H140NO8P/c1-6-8-10-12-14-16-18-20-22-24-26-28-30-32-34-35-36-37-38-39-40-41-42-43-45-46-48-50-52-54-56-58-60-62-64-66-68-70-77(80)84-74-76(75-86-88(82,83)85-73-72-79(3,4)5)87-78(81)71-69-67-65-63-61-59-57-55-53-51-49-47-44-33-31-29-27-25-23-21-19-17-15-13-11-9-7-2/h9,11,15,17,21,23-24,26-27,29,33,44,49,51,55,57,76H,6-8,10,12-14,16,18-20,22,25,28,30-32,34-43,45-48,50,52-54,56,58-75H2,1-5H3/b11-9-,17-15-,23-21-,26-24-,29-27-,44-33-,51-49-,57-55-. The Morgan fingerprint density at radius 1 is 0.364 bits per heavy atom. The summed E-state index contributed by atoms with van der Waals surface area (Å²) in [5.41, 5.74) is 0. The van der Waals surface area contributed by atoms with Gasteiger partial charge in [0, 0.05) is 12.8 Å². The van der Waals surface area contributed by atoms with Crippen molar-refractivity contribution in [2.24, 2.45) is 0 Å². The summed E-state index contributed by atoms with van der Waals surface area (Å²) < 4.78 is 34.3. The molecule has 0 amide bonds. The van der Waals surface area contributed by atoms with E-state index in [0.717, 1.165) is 96.3 Å². The van der Waals surface area contributed by atoms with E-state index in [0.29, 0.717) is 17.4 Å². The highest BCUT2D eigenvalue weighted by Crippen LogP contribution is 2.38. The zero-order valence-corrected chi connectivity index (χ0v) is 59.1. The number of rotatable bonds is 68. The number of phosphoric acid groups is 1. The number of quaternary nitrogens is 1. The summed E-state index contributed by atoms with van der Waals surface area (Å²) in [5.74, 6) is -0.848. The average molecular weight is 1250 g/mol. The zero-order valence-electron chi connectivity index (χ0n) is 58.2. The van der Waals surface area contributed by atoms with Crippen molar-refractivity contribution in [3.05, 3.63) is 97.2 Å². The van der Waals surface area contributed by atoms with E-state index in [1.165, 1.54) is 205 Å². The number of ether oxygens (including phenoxy) is 2. The molecule has 0 heterocycles. The van der Waals surface area contributed by atoms with Gasteiger partial charge in [0.05, 0.1) is 27.7 Å². The van der Waals surface area contributed by atoms with E-state index in [2.05, 4.69) is 111 Å². The van der Waals surface area contributed by atoms with E-state index in [-0.39, 0.29) is 32.0 Å². The Morgan fingerprint density at radius 3 is 0.977 bits per heavy atom. The van der Waals surface area contributed by atoms with Crippen molar-refractivity contribution in [3.63, 3.8) is 0 Å². The molecule has 0 N–H and O–H groups in total. The van der Waals surface area contributed by atoms with E-state index in [4.69, 9.17) is 18.5 Å². The second-order valence-corrected chi connectivity index (χ2v) is 27.3. The van der Waals surface area contributed by atoms with E-state index in [1.807, 2.05) is 21.1 Å². The van der Waals surface area contributed by atoms with Crippen molar-refractivity contribution < 1.29 is 42.1 Å². The molecule has 0 aliphatic heterocycles. The molecule has 10 heteroatoms. The third-order valence-electron chi connectivity index (χ3n) is 16.1. The van der Waals surface area contributed by atoms with Gasteiger partial charge in [-0.25, -0.2) is 0 Å². The summed E-state index contributed by atoms with van der Waals surface area (Å²) in [6.07, 6.45) is 95.1. The van der Waals surface area contributed by atoms with Crippen LogP contribution in [0.2, 0.25) is 0 Å². The zero-order chi connectivity index (χ0) is 64.1. The fraction of sp³-hybridized carbons (Fsp3) is 0.769. The Morgan fingerprint density at radius 2 is 0.648 bits per heavy atom. The summed E-state index contributed by atoms with van der Waals surface area (Å²) in [4.78, 5) is 38.1. The van der Waals surface area contributed by atoms with Gasteiger partial charge in [0.1, 0.15) is 19.8 Å². The summed E-state index contributed by atoms with van der Waals surface area (Å²) in [7, 11) is 1.15. The smallest absolute Gasteiger partial charge is 0.306 e. The number of likely N-dealkylation sites (N-methyl/N-ethyl adjacent to an activating group) is 1. The minimum atomic E-state index is -4.65. The molecule has 2 unspecified atom stereocenters. The van der Waals surface area contributed by atoms with Crippen molar-refractivity contribution in [2.75, 3.05) is 47.5 Å². The van der Waals surface area contributed by atoms with Crippen LogP contribution in [0.15, 0.2) is 97.2 Å². The minimum Gasteiger partial charge on any atom is -0.756 e. The van der Waals surface area contributed by atoms with Crippen LogP contribution in [0.25, 0.3) is 0 Å². The highest BCUT2D eigenvalue weighted by Gasteiger charge is 2.22. The minimum absolute atomic E-state index is 0.0383. The second kappa shape index (κ2) is 68.3. The highest BCUT2D eigenvalue weighted by atomic mass is 31.2. The first kappa shape index (κ1) is 84.9. The average Bonchev–Trinajstić information content (AvgIpc) is 3.60. The van der Waals surface area contributed by atoms with Crippen molar-refractivity contribution in [1.29, 1.82) is 0 Å². The van der Waals surface area contributed by atoms with Crippen LogP contribution >= 0.6 is 7.82 Å². The number of hydrogen-bond donors (Lipinski definition) is 0. The van der Waals surface area contributed by atoms with Crippen LogP contribution in [-0.4, -0.2) is 70.0 Å². The molecule has 0 aliphatic rings. The summed E-state index contributed by atoms with van der Waals surface area (Å²) in [6.45, 7) is 4.13. The van der Waals surface area contributed by atoms with Crippen LogP contribution in [-0.2, 0) is 32.7 Å². The normalized spacial score (nSPS) is 13.7. The summed E-state index contributed by atoms with van der Waals surface area (Å²) in [5, 5.41) is 0. The molecule has 0 saturated carbocycles. The van der Waals surface area contributed by atoms with Crippen molar-refractivity contribution in [3.8, 4) is 0 Å². The van der Waals surface area contributed by atoms with Crippen LogP contribution in [0.5, 0.6) is 0 Å². The summed E-state index contributed by atoms with van der Waals surface area (Å²) in [6, 6.07) is 0. The van der Waals surface area contributed by atoms with Gasteiger partial charge < -0.3 is 27.9 Å². The molecule has 0 spiro atoms. The van der Waals surface area contributed by atoms with Crippen LogP contribution in [0.3, 0.4) is 0 Å². The van der Waals surface area contributed by atoms with Crippen LogP contribution in [0.4, 0.5) is 0 Å². The SMILES string of the molecule is CC/C=C\C/C=C\C/C=C\C/C=C\C/C=C\C/C=C\C/C=C\CCCCCCCC(=O)OC(COC(=O)CCCCCCCCCCCCCCCCCCCCCCCCCCC/C=C\CCCCCCCCCC)COP(=O)([O-])OCC[N+](C)(C)C. The number of esters is 2. The van der Waals surface area contributed by atoms with Gasteiger partial charge in [-0.2, -0.15) is 0 Å². The van der Waals surface area contributed by atoms with Crippen LogP contribution in [0.1, 0.15) is 335 Å². The Kier molecular flexibility index (Phi) is 65.9. The Labute approximate surface area is 544 Å². The van der Waals surface area contributed by atoms with Gasteiger partial charge in [0.25, 0.3) is 7.82 Å². The molecule has 9 nitrogen and oxygen atoms in total. The molecule has 510 valence electrons. The quantitative estimate of drug-likeness (QED) is 0.0195. The molecule has 0 aliphatic carbocycles. The van der Waals surface area contributed by atoms with Crippen molar-refractivity contribution in [2.45, 2.75) is 341 Å². The molecule has 88 heavy (non-hydrogen) atoms. The topological polar surface area (TPSA) is 111 Å². The molecule has 0 fully saturated rings. The molecule has 0 rings (SSSR count).